The highest BCUT2D eigenvalue weighted by Gasteiger charge is 2.48. The number of halogens is 5. The lowest BCUT2D eigenvalue weighted by molar-refractivity contribution is -0.180. The van der Waals surface area contributed by atoms with E-state index in [4.69, 9.17) is 0 Å². The van der Waals surface area contributed by atoms with Gasteiger partial charge in [-0.15, -0.1) is 0 Å². The van der Waals surface area contributed by atoms with Crippen LogP contribution < -0.4 is 0 Å². The van der Waals surface area contributed by atoms with Gasteiger partial charge in [-0.1, -0.05) is 15.9 Å². The van der Waals surface area contributed by atoms with E-state index < -0.39 is 17.4 Å². The molecule has 84 valence electrons. The van der Waals surface area contributed by atoms with Crippen molar-refractivity contribution >= 4 is 15.9 Å². The fraction of sp³-hybridized carbons (Fsp3) is 0.400. The summed E-state index contributed by atoms with van der Waals surface area (Å²) < 4.78 is 51.2. The Morgan fingerprint density at radius 2 is 1.60 bits per heavy atom. The van der Waals surface area contributed by atoms with Crippen LogP contribution in [0.2, 0.25) is 0 Å². The van der Waals surface area contributed by atoms with Crippen LogP contribution in [0, 0.1) is 5.82 Å². The van der Waals surface area contributed by atoms with Gasteiger partial charge in [0.2, 0.25) is 0 Å². The van der Waals surface area contributed by atoms with Crippen molar-refractivity contribution in [1.82, 2.24) is 0 Å². The van der Waals surface area contributed by atoms with E-state index in [0.29, 0.717) is 4.47 Å². The van der Waals surface area contributed by atoms with Crippen LogP contribution >= 0.6 is 15.9 Å². The van der Waals surface area contributed by atoms with Gasteiger partial charge in [0.05, 0.1) is 5.41 Å². The molecule has 0 aliphatic heterocycles. The Morgan fingerprint density at radius 3 is 2.00 bits per heavy atom. The van der Waals surface area contributed by atoms with Crippen molar-refractivity contribution in [2.45, 2.75) is 25.4 Å². The van der Waals surface area contributed by atoms with Crippen LogP contribution in [-0.2, 0) is 5.41 Å². The monoisotopic (exact) mass is 284 g/mol. The molecular weight excluding hydrogens is 276 g/mol. The highest BCUT2D eigenvalue weighted by atomic mass is 79.9. The summed E-state index contributed by atoms with van der Waals surface area (Å²) >= 11 is 2.96. The maximum atomic E-state index is 12.9. The average molecular weight is 285 g/mol. The molecule has 0 aliphatic rings. The molecule has 0 heterocycles. The zero-order chi connectivity index (χ0) is 11.9. The molecule has 0 saturated carbocycles. The van der Waals surface area contributed by atoms with Gasteiger partial charge >= 0.3 is 6.18 Å². The predicted octanol–water partition coefficient (Wildman–Crippen LogP) is 4.43. The number of benzene rings is 1. The molecule has 0 radical (unpaired) electrons. The van der Waals surface area contributed by atoms with E-state index in [2.05, 4.69) is 15.9 Å². The molecule has 0 fully saturated rings. The predicted molar refractivity (Wildman–Crippen MR) is 53.2 cm³/mol. The van der Waals surface area contributed by atoms with E-state index in [1.54, 1.807) is 0 Å². The molecular formula is C10H9BrF4. The van der Waals surface area contributed by atoms with E-state index >= 15 is 0 Å². The van der Waals surface area contributed by atoms with Crippen molar-refractivity contribution < 1.29 is 17.6 Å². The van der Waals surface area contributed by atoms with E-state index in [1.807, 2.05) is 0 Å². The largest absolute Gasteiger partial charge is 0.397 e. The van der Waals surface area contributed by atoms with Crippen LogP contribution in [-0.4, -0.2) is 6.18 Å². The molecule has 0 aromatic heterocycles. The minimum Gasteiger partial charge on any atom is -0.207 e. The fourth-order valence-electron chi connectivity index (χ4n) is 1.08. The van der Waals surface area contributed by atoms with Crippen molar-refractivity contribution in [3.8, 4) is 0 Å². The maximum Gasteiger partial charge on any atom is 0.397 e. The molecule has 0 atom stereocenters. The van der Waals surface area contributed by atoms with Gasteiger partial charge < -0.3 is 0 Å². The molecule has 1 rings (SSSR count). The lowest BCUT2D eigenvalue weighted by Gasteiger charge is -2.28. The molecule has 0 amide bonds. The molecule has 0 N–H and O–H groups in total. The topological polar surface area (TPSA) is 0 Å². The summed E-state index contributed by atoms with van der Waals surface area (Å²) in [4.78, 5) is 0. The first-order chi connectivity index (χ1) is 6.64. The van der Waals surface area contributed by atoms with Crippen molar-refractivity contribution in [1.29, 1.82) is 0 Å². The second-order valence-electron chi connectivity index (χ2n) is 3.78. The quantitative estimate of drug-likeness (QED) is 0.670. The SMILES string of the molecule is CC(C)(c1cc(F)cc(Br)c1)C(F)(F)F. The Labute approximate surface area is 93.4 Å². The normalized spacial score (nSPS) is 13.0. The van der Waals surface area contributed by atoms with E-state index in [0.717, 1.165) is 26.0 Å². The third kappa shape index (κ3) is 2.51. The van der Waals surface area contributed by atoms with Crippen LogP contribution in [0.1, 0.15) is 19.4 Å². The molecule has 0 saturated heterocycles. The standard InChI is InChI=1S/C10H9BrF4/c1-9(2,10(13,14)15)6-3-7(11)5-8(12)4-6/h3-5H,1-2H3. The summed E-state index contributed by atoms with van der Waals surface area (Å²) in [6.07, 6.45) is -4.40. The van der Waals surface area contributed by atoms with E-state index in [-0.39, 0.29) is 5.56 Å². The molecule has 1 aromatic carbocycles. The molecule has 0 unspecified atom stereocenters. The molecule has 0 nitrogen and oxygen atoms in total. The Bertz CT molecular complexity index is 348. The van der Waals surface area contributed by atoms with Crippen molar-refractivity contribution in [3.05, 3.63) is 34.1 Å². The number of rotatable bonds is 1. The van der Waals surface area contributed by atoms with Crippen LogP contribution in [0.15, 0.2) is 22.7 Å². The molecule has 1 aromatic rings. The Balaban J connectivity index is 3.27. The fourth-order valence-corrected chi connectivity index (χ4v) is 1.54. The van der Waals surface area contributed by atoms with Crippen LogP contribution in [0.5, 0.6) is 0 Å². The van der Waals surface area contributed by atoms with Gasteiger partial charge in [0, 0.05) is 4.47 Å². The number of alkyl halides is 3. The summed E-state index contributed by atoms with van der Waals surface area (Å²) in [5, 5.41) is 0. The number of hydrogen-bond donors (Lipinski definition) is 0. The molecule has 0 bridgehead atoms. The van der Waals surface area contributed by atoms with Gasteiger partial charge in [-0.25, -0.2) is 4.39 Å². The van der Waals surface area contributed by atoms with Crippen LogP contribution in [0.25, 0.3) is 0 Å². The van der Waals surface area contributed by atoms with E-state index in [1.165, 1.54) is 6.07 Å². The zero-order valence-electron chi connectivity index (χ0n) is 8.12. The minimum absolute atomic E-state index is 0.0955. The summed E-state index contributed by atoms with van der Waals surface area (Å²) in [5.41, 5.74) is -2.15. The second-order valence-corrected chi connectivity index (χ2v) is 4.70. The lowest BCUT2D eigenvalue weighted by Crippen LogP contribution is -2.36. The average Bonchev–Trinajstić information content (AvgIpc) is 1.99. The summed E-state index contributed by atoms with van der Waals surface area (Å²) in [6, 6.07) is 3.30. The molecule has 5 heteroatoms. The molecule has 0 spiro atoms. The van der Waals surface area contributed by atoms with Gasteiger partial charge in [-0.05, 0) is 37.6 Å². The summed E-state index contributed by atoms with van der Waals surface area (Å²) in [5.74, 6) is -0.684. The Morgan fingerprint density at radius 1 is 1.07 bits per heavy atom. The van der Waals surface area contributed by atoms with Crippen LogP contribution in [0.3, 0.4) is 0 Å². The van der Waals surface area contributed by atoms with Crippen molar-refractivity contribution in [3.63, 3.8) is 0 Å². The highest BCUT2D eigenvalue weighted by Crippen LogP contribution is 2.41. The third-order valence-electron chi connectivity index (χ3n) is 2.29. The first-order valence-corrected chi connectivity index (χ1v) is 4.97. The second kappa shape index (κ2) is 3.77. The maximum absolute atomic E-state index is 12.9. The first-order valence-electron chi connectivity index (χ1n) is 4.18. The summed E-state index contributed by atoms with van der Waals surface area (Å²) in [7, 11) is 0. The summed E-state index contributed by atoms with van der Waals surface area (Å²) in [6.45, 7) is 2.04. The third-order valence-corrected chi connectivity index (χ3v) is 2.75. The molecule has 0 aliphatic carbocycles. The Hall–Kier alpha value is -0.580. The van der Waals surface area contributed by atoms with E-state index in [9.17, 15) is 17.6 Å². The minimum atomic E-state index is -4.40. The number of hydrogen-bond acceptors (Lipinski definition) is 0. The van der Waals surface area contributed by atoms with Gasteiger partial charge in [0.15, 0.2) is 0 Å². The van der Waals surface area contributed by atoms with Gasteiger partial charge in [-0.3, -0.25) is 0 Å². The Kier molecular flexibility index (Phi) is 3.14. The van der Waals surface area contributed by atoms with Crippen molar-refractivity contribution in [2.75, 3.05) is 0 Å². The van der Waals surface area contributed by atoms with Crippen LogP contribution in [0.4, 0.5) is 17.6 Å². The molecule has 15 heavy (non-hydrogen) atoms. The lowest BCUT2D eigenvalue weighted by atomic mass is 9.84. The van der Waals surface area contributed by atoms with Gasteiger partial charge in [-0.2, -0.15) is 13.2 Å². The van der Waals surface area contributed by atoms with Gasteiger partial charge in [0.25, 0.3) is 0 Å². The zero-order valence-corrected chi connectivity index (χ0v) is 9.71. The van der Waals surface area contributed by atoms with Crippen molar-refractivity contribution in [2.24, 2.45) is 0 Å². The first kappa shape index (κ1) is 12.5. The van der Waals surface area contributed by atoms with Gasteiger partial charge in [0.1, 0.15) is 5.82 Å². The smallest absolute Gasteiger partial charge is 0.207 e. The highest BCUT2D eigenvalue weighted by molar-refractivity contribution is 9.10.